The highest BCUT2D eigenvalue weighted by atomic mass is 35.5. The van der Waals surface area contributed by atoms with E-state index in [1.54, 1.807) is 13.8 Å². The minimum absolute atomic E-state index is 0. The van der Waals surface area contributed by atoms with Crippen LogP contribution in [0.2, 0.25) is 0 Å². The highest BCUT2D eigenvalue weighted by Gasteiger charge is 2.40. The number of carbonyl (C=O) groups is 3. The lowest BCUT2D eigenvalue weighted by Gasteiger charge is -2.18. The van der Waals surface area contributed by atoms with Gasteiger partial charge in [-0.3, -0.25) is 19.3 Å². The molecule has 0 aliphatic carbocycles. The summed E-state index contributed by atoms with van der Waals surface area (Å²) in [6, 6.07) is -0.916. The third kappa shape index (κ3) is 2.93. The highest BCUT2D eigenvalue weighted by Crippen LogP contribution is 2.15. The SMILES string of the molecule is CC(C)N1C(=O)CC(NC(=O)CN)C1=O.Cl. The molecule has 3 amide bonds. The largest absolute Gasteiger partial charge is 0.343 e. The lowest BCUT2D eigenvalue weighted by molar-refractivity contribution is -0.141. The Morgan fingerprint density at radius 3 is 2.50 bits per heavy atom. The summed E-state index contributed by atoms with van der Waals surface area (Å²) in [5.41, 5.74) is 5.10. The van der Waals surface area contributed by atoms with E-state index in [4.69, 9.17) is 5.73 Å². The van der Waals surface area contributed by atoms with Crippen LogP contribution in [0.15, 0.2) is 0 Å². The van der Waals surface area contributed by atoms with Crippen molar-refractivity contribution in [1.29, 1.82) is 0 Å². The van der Waals surface area contributed by atoms with Crippen molar-refractivity contribution in [2.75, 3.05) is 6.54 Å². The van der Waals surface area contributed by atoms with Crippen LogP contribution in [0, 0.1) is 0 Å². The highest BCUT2D eigenvalue weighted by molar-refractivity contribution is 6.07. The minimum Gasteiger partial charge on any atom is -0.343 e. The van der Waals surface area contributed by atoms with Crippen molar-refractivity contribution in [3.63, 3.8) is 0 Å². The van der Waals surface area contributed by atoms with Crippen molar-refractivity contribution in [2.24, 2.45) is 5.73 Å². The molecule has 1 fully saturated rings. The maximum Gasteiger partial charge on any atom is 0.252 e. The zero-order valence-electron chi connectivity index (χ0n) is 9.23. The Morgan fingerprint density at radius 1 is 1.56 bits per heavy atom. The first-order valence-corrected chi connectivity index (χ1v) is 4.82. The lowest BCUT2D eigenvalue weighted by Crippen LogP contribution is -2.45. The van der Waals surface area contributed by atoms with Crippen molar-refractivity contribution < 1.29 is 14.4 Å². The van der Waals surface area contributed by atoms with Crippen LogP contribution in [-0.4, -0.2) is 41.2 Å². The zero-order chi connectivity index (χ0) is 11.6. The molecule has 1 rings (SSSR count). The van der Waals surface area contributed by atoms with Crippen LogP contribution in [0.3, 0.4) is 0 Å². The van der Waals surface area contributed by atoms with Crippen molar-refractivity contribution in [3.8, 4) is 0 Å². The molecule has 92 valence electrons. The number of nitrogens with one attached hydrogen (secondary N) is 1. The molecule has 7 heteroatoms. The Morgan fingerprint density at radius 2 is 2.12 bits per heavy atom. The first-order valence-electron chi connectivity index (χ1n) is 4.82. The number of amides is 3. The van der Waals surface area contributed by atoms with Crippen LogP contribution in [0.25, 0.3) is 0 Å². The molecule has 0 aromatic carbocycles. The van der Waals surface area contributed by atoms with Gasteiger partial charge in [-0.1, -0.05) is 0 Å². The number of rotatable bonds is 3. The maximum atomic E-state index is 11.7. The molecule has 0 bridgehead atoms. The van der Waals surface area contributed by atoms with E-state index in [2.05, 4.69) is 5.32 Å². The van der Waals surface area contributed by atoms with Gasteiger partial charge in [0.15, 0.2) is 0 Å². The molecule has 0 saturated carbocycles. The van der Waals surface area contributed by atoms with E-state index in [0.29, 0.717) is 0 Å². The van der Waals surface area contributed by atoms with Gasteiger partial charge in [-0.2, -0.15) is 0 Å². The maximum absolute atomic E-state index is 11.7. The van der Waals surface area contributed by atoms with Gasteiger partial charge in [-0.05, 0) is 13.8 Å². The van der Waals surface area contributed by atoms with Gasteiger partial charge in [0.2, 0.25) is 11.8 Å². The number of halogens is 1. The summed E-state index contributed by atoms with van der Waals surface area (Å²) in [4.78, 5) is 35.2. The van der Waals surface area contributed by atoms with E-state index in [9.17, 15) is 14.4 Å². The minimum atomic E-state index is -0.740. The number of imide groups is 1. The molecular formula is C9H16ClN3O3. The quantitative estimate of drug-likeness (QED) is 0.629. The smallest absolute Gasteiger partial charge is 0.252 e. The van der Waals surface area contributed by atoms with Gasteiger partial charge in [0.1, 0.15) is 6.04 Å². The Hall–Kier alpha value is -1.14. The van der Waals surface area contributed by atoms with Crippen LogP contribution in [0.4, 0.5) is 0 Å². The van der Waals surface area contributed by atoms with Crippen molar-refractivity contribution in [3.05, 3.63) is 0 Å². The summed E-state index contributed by atoms with van der Waals surface area (Å²) in [7, 11) is 0. The summed E-state index contributed by atoms with van der Waals surface area (Å²) in [6.07, 6.45) is 0.0305. The molecule has 6 nitrogen and oxygen atoms in total. The number of hydrogen-bond acceptors (Lipinski definition) is 4. The van der Waals surface area contributed by atoms with Gasteiger partial charge in [0.25, 0.3) is 5.91 Å². The second kappa shape index (κ2) is 5.81. The molecule has 16 heavy (non-hydrogen) atoms. The third-order valence-electron chi connectivity index (χ3n) is 2.22. The Bertz CT molecular complexity index is 306. The molecule has 0 spiro atoms. The molecule has 1 aliphatic rings. The first kappa shape index (κ1) is 14.9. The number of carbonyl (C=O) groups excluding carboxylic acids is 3. The Balaban J connectivity index is 0.00000225. The van der Waals surface area contributed by atoms with Gasteiger partial charge in [-0.15, -0.1) is 12.4 Å². The van der Waals surface area contributed by atoms with Crippen molar-refractivity contribution in [2.45, 2.75) is 32.4 Å². The third-order valence-corrected chi connectivity index (χ3v) is 2.22. The van der Waals surface area contributed by atoms with E-state index in [-0.39, 0.29) is 43.2 Å². The summed E-state index contributed by atoms with van der Waals surface area (Å²) >= 11 is 0. The second-order valence-corrected chi connectivity index (χ2v) is 3.72. The number of nitrogens with two attached hydrogens (primary N) is 1. The number of nitrogens with zero attached hydrogens (tertiary/aromatic N) is 1. The van der Waals surface area contributed by atoms with E-state index in [1.807, 2.05) is 0 Å². The summed E-state index contributed by atoms with van der Waals surface area (Å²) in [5.74, 6) is -1.03. The van der Waals surface area contributed by atoms with Crippen LogP contribution >= 0.6 is 12.4 Å². The van der Waals surface area contributed by atoms with Crippen LogP contribution < -0.4 is 11.1 Å². The molecule has 1 aliphatic heterocycles. The standard InChI is InChI=1S/C9H15N3O3.ClH/c1-5(2)12-8(14)3-6(9(12)15)11-7(13)4-10;/h5-6H,3-4,10H2,1-2H3,(H,11,13);1H. The van der Waals surface area contributed by atoms with E-state index >= 15 is 0 Å². The fraction of sp³-hybridized carbons (Fsp3) is 0.667. The van der Waals surface area contributed by atoms with Crippen molar-refractivity contribution >= 4 is 30.1 Å². The van der Waals surface area contributed by atoms with Crippen LogP contribution in [0.1, 0.15) is 20.3 Å². The summed E-state index contributed by atoms with van der Waals surface area (Å²) < 4.78 is 0. The molecular weight excluding hydrogens is 234 g/mol. The molecule has 1 heterocycles. The van der Waals surface area contributed by atoms with E-state index in [0.717, 1.165) is 0 Å². The monoisotopic (exact) mass is 249 g/mol. The van der Waals surface area contributed by atoms with Crippen molar-refractivity contribution in [1.82, 2.24) is 10.2 Å². The van der Waals surface area contributed by atoms with Crippen LogP contribution in [0.5, 0.6) is 0 Å². The van der Waals surface area contributed by atoms with Crippen LogP contribution in [-0.2, 0) is 14.4 Å². The predicted molar refractivity (Wildman–Crippen MR) is 59.8 cm³/mol. The molecule has 1 atom stereocenters. The lowest BCUT2D eigenvalue weighted by atomic mass is 10.2. The van der Waals surface area contributed by atoms with Gasteiger partial charge >= 0.3 is 0 Å². The topological polar surface area (TPSA) is 92.5 Å². The molecule has 1 saturated heterocycles. The van der Waals surface area contributed by atoms with Gasteiger partial charge in [0, 0.05) is 6.04 Å². The average Bonchev–Trinajstić information content (AvgIpc) is 2.41. The normalized spacial score (nSPS) is 20.0. The second-order valence-electron chi connectivity index (χ2n) is 3.72. The van der Waals surface area contributed by atoms with Gasteiger partial charge in [-0.25, -0.2) is 0 Å². The van der Waals surface area contributed by atoms with Gasteiger partial charge < -0.3 is 11.1 Å². The summed E-state index contributed by atoms with van der Waals surface area (Å²) in [5, 5.41) is 2.42. The fourth-order valence-electron chi connectivity index (χ4n) is 1.56. The zero-order valence-corrected chi connectivity index (χ0v) is 10.0. The fourth-order valence-corrected chi connectivity index (χ4v) is 1.56. The number of likely N-dealkylation sites (tertiary alicyclic amines) is 1. The van der Waals surface area contributed by atoms with Gasteiger partial charge in [0.05, 0.1) is 13.0 Å². The number of hydrogen-bond donors (Lipinski definition) is 2. The average molecular weight is 250 g/mol. The van der Waals surface area contributed by atoms with E-state index < -0.39 is 11.9 Å². The molecule has 0 aromatic rings. The summed E-state index contributed by atoms with van der Waals surface area (Å²) in [6.45, 7) is 3.32. The Kier molecular flexibility index (Phi) is 5.40. The molecule has 3 N–H and O–H groups in total. The molecule has 1 unspecified atom stereocenters. The molecule has 0 aromatic heterocycles. The van der Waals surface area contributed by atoms with E-state index in [1.165, 1.54) is 4.90 Å². The molecule has 0 radical (unpaired) electrons. The first-order chi connectivity index (χ1) is 6.97. The predicted octanol–water partition coefficient (Wildman–Crippen LogP) is -0.981. The Labute approximate surface area is 99.9 Å².